The number of ether oxygens (including phenoxy) is 1. The zero-order chi connectivity index (χ0) is 14.7. The second-order valence-corrected chi connectivity index (χ2v) is 5.54. The highest BCUT2D eigenvalue weighted by Gasteiger charge is 2.30. The van der Waals surface area contributed by atoms with Crippen LogP contribution in [0.3, 0.4) is 0 Å². The molecule has 1 aliphatic rings. The van der Waals surface area contributed by atoms with Crippen LogP contribution in [-0.4, -0.2) is 28.0 Å². The topological polar surface area (TPSA) is 90.2 Å². The number of anilines is 1. The average molecular weight is 280 g/mol. The van der Waals surface area contributed by atoms with Gasteiger partial charge in [-0.3, -0.25) is 10.1 Å². The summed E-state index contributed by atoms with van der Waals surface area (Å²) in [5, 5.41) is 13.9. The number of nitro groups is 1. The Labute approximate surface area is 117 Å². The van der Waals surface area contributed by atoms with Gasteiger partial charge in [0, 0.05) is 7.05 Å². The summed E-state index contributed by atoms with van der Waals surface area (Å²) in [5.74, 6) is 1.36. The molecule has 2 unspecified atom stereocenters. The van der Waals surface area contributed by atoms with Gasteiger partial charge in [-0.2, -0.15) is 4.98 Å². The van der Waals surface area contributed by atoms with Crippen molar-refractivity contribution >= 4 is 11.5 Å². The number of nitrogens with zero attached hydrogens (tertiary/aromatic N) is 3. The maximum atomic E-state index is 11.2. The van der Waals surface area contributed by atoms with E-state index >= 15 is 0 Å². The number of nitrogens with one attached hydrogen (secondary N) is 1. The van der Waals surface area contributed by atoms with Crippen LogP contribution >= 0.6 is 0 Å². The minimum Gasteiger partial charge on any atom is -0.469 e. The van der Waals surface area contributed by atoms with Crippen molar-refractivity contribution < 1.29 is 9.66 Å². The van der Waals surface area contributed by atoms with Crippen LogP contribution in [0, 0.1) is 22.0 Å². The van der Waals surface area contributed by atoms with E-state index in [1.807, 2.05) is 0 Å². The molecule has 7 nitrogen and oxygen atoms in total. The summed E-state index contributed by atoms with van der Waals surface area (Å²) in [6.45, 7) is 4.36. The number of rotatable bonds is 4. The molecule has 0 saturated heterocycles. The van der Waals surface area contributed by atoms with Crippen LogP contribution in [0.4, 0.5) is 11.5 Å². The molecule has 1 N–H and O–H groups in total. The van der Waals surface area contributed by atoms with Gasteiger partial charge in [-0.15, -0.1) is 0 Å². The fraction of sp³-hybridized carbons (Fsp3) is 0.692. The van der Waals surface area contributed by atoms with E-state index in [1.165, 1.54) is 12.7 Å². The molecule has 1 aromatic heterocycles. The Morgan fingerprint density at radius 1 is 1.30 bits per heavy atom. The monoisotopic (exact) mass is 280 g/mol. The minimum atomic E-state index is -0.503. The molecule has 1 aliphatic carbocycles. The first-order chi connectivity index (χ1) is 9.51. The third-order valence-corrected chi connectivity index (χ3v) is 3.62. The molecule has 0 aromatic carbocycles. The summed E-state index contributed by atoms with van der Waals surface area (Å²) in [4.78, 5) is 18.5. The summed E-state index contributed by atoms with van der Waals surface area (Å²) >= 11 is 0. The Bertz CT molecular complexity index is 485. The molecular weight excluding hydrogens is 260 g/mol. The molecule has 0 radical (unpaired) electrons. The minimum absolute atomic E-state index is 0.0212. The number of hydrogen-bond donors (Lipinski definition) is 1. The fourth-order valence-corrected chi connectivity index (χ4v) is 2.92. The molecule has 1 heterocycles. The highest BCUT2D eigenvalue weighted by molar-refractivity contribution is 5.60. The Kier molecular flexibility index (Phi) is 4.36. The average Bonchev–Trinajstić information content (AvgIpc) is 2.36. The second-order valence-electron chi connectivity index (χ2n) is 5.54. The van der Waals surface area contributed by atoms with Gasteiger partial charge in [0.25, 0.3) is 5.88 Å². The standard InChI is InChI=1S/C13H20N4O3/c1-8-4-9(2)6-10(5-8)20-13-11(17(18)19)12(14-3)15-7-16-13/h7-10H,4-6H2,1-3H3,(H,14,15,16). The maximum absolute atomic E-state index is 11.2. The summed E-state index contributed by atoms with van der Waals surface area (Å²) in [6, 6.07) is 0. The Morgan fingerprint density at radius 3 is 2.50 bits per heavy atom. The molecule has 1 aromatic rings. The van der Waals surface area contributed by atoms with Crippen LogP contribution in [0.25, 0.3) is 0 Å². The second kappa shape index (κ2) is 6.02. The van der Waals surface area contributed by atoms with E-state index in [4.69, 9.17) is 4.74 Å². The predicted molar refractivity (Wildman–Crippen MR) is 74.8 cm³/mol. The lowest BCUT2D eigenvalue weighted by atomic mass is 9.82. The van der Waals surface area contributed by atoms with Gasteiger partial charge in [-0.05, 0) is 31.1 Å². The third kappa shape index (κ3) is 3.15. The van der Waals surface area contributed by atoms with E-state index < -0.39 is 4.92 Å². The zero-order valence-electron chi connectivity index (χ0n) is 12.0. The molecule has 20 heavy (non-hydrogen) atoms. The van der Waals surface area contributed by atoms with Crippen LogP contribution < -0.4 is 10.1 Å². The molecule has 2 rings (SSSR count). The van der Waals surface area contributed by atoms with Gasteiger partial charge in [0.1, 0.15) is 12.4 Å². The van der Waals surface area contributed by atoms with E-state index in [9.17, 15) is 10.1 Å². The van der Waals surface area contributed by atoms with Crippen molar-refractivity contribution in [3.63, 3.8) is 0 Å². The van der Waals surface area contributed by atoms with E-state index in [0.29, 0.717) is 11.8 Å². The molecule has 0 bridgehead atoms. The van der Waals surface area contributed by atoms with Crippen molar-refractivity contribution in [2.75, 3.05) is 12.4 Å². The lowest BCUT2D eigenvalue weighted by Gasteiger charge is -2.31. The third-order valence-electron chi connectivity index (χ3n) is 3.62. The molecule has 2 atom stereocenters. The molecule has 110 valence electrons. The summed E-state index contributed by atoms with van der Waals surface area (Å²) in [6.07, 6.45) is 4.24. The van der Waals surface area contributed by atoms with Gasteiger partial charge in [0.15, 0.2) is 0 Å². The number of hydrogen-bond acceptors (Lipinski definition) is 6. The van der Waals surface area contributed by atoms with Crippen LogP contribution in [0.15, 0.2) is 6.33 Å². The SMILES string of the molecule is CNc1ncnc(OC2CC(C)CC(C)C2)c1[N+](=O)[O-]. The fourth-order valence-electron chi connectivity index (χ4n) is 2.92. The lowest BCUT2D eigenvalue weighted by Crippen LogP contribution is -2.29. The van der Waals surface area contributed by atoms with Crippen LogP contribution in [-0.2, 0) is 0 Å². The summed E-state index contributed by atoms with van der Waals surface area (Å²) < 4.78 is 5.80. The Balaban J connectivity index is 2.22. The van der Waals surface area contributed by atoms with E-state index in [1.54, 1.807) is 7.05 Å². The van der Waals surface area contributed by atoms with E-state index in [-0.39, 0.29) is 23.5 Å². The van der Waals surface area contributed by atoms with Gasteiger partial charge in [-0.1, -0.05) is 13.8 Å². The van der Waals surface area contributed by atoms with Gasteiger partial charge >= 0.3 is 5.69 Å². The summed E-state index contributed by atoms with van der Waals surface area (Å²) in [5.41, 5.74) is -0.194. The molecule has 0 amide bonds. The lowest BCUT2D eigenvalue weighted by molar-refractivity contribution is -0.385. The van der Waals surface area contributed by atoms with E-state index in [2.05, 4.69) is 29.1 Å². The predicted octanol–water partition coefficient (Wildman–Crippen LogP) is 2.63. The zero-order valence-corrected chi connectivity index (χ0v) is 12.0. The molecule has 0 aliphatic heterocycles. The summed E-state index contributed by atoms with van der Waals surface area (Å²) in [7, 11) is 1.59. The van der Waals surface area contributed by atoms with Gasteiger partial charge in [0.2, 0.25) is 5.82 Å². The normalized spacial score (nSPS) is 26.1. The van der Waals surface area contributed by atoms with Gasteiger partial charge in [0.05, 0.1) is 4.92 Å². The van der Waals surface area contributed by atoms with Gasteiger partial charge in [-0.25, -0.2) is 4.98 Å². The first-order valence-electron chi connectivity index (χ1n) is 6.85. The number of aromatic nitrogens is 2. The van der Waals surface area contributed by atoms with Crippen LogP contribution in [0.5, 0.6) is 5.88 Å². The van der Waals surface area contributed by atoms with E-state index in [0.717, 1.165) is 12.8 Å². The van der Waals surface area contributed by atoms with Crippen molar-refractivity contribution in [1.82, 2.24) is 9.97 Å². The highest BCUT2D eigenvalue weighted by Crippen LogP contribution is 2.35. The Morgan fingerprint density at radius 2 is 1.95 bits per heavy atom. The smallest absolute Gasteiger partial charge is 0.372 e. The van der Waals surface area contributed by atoms with Gasteiger partial charge < -0.3 is 10.1 Å². The van der Waals surface area contributed by atoms with Crippen molar-refractivity contribution in [2.45, 2.75) is 39.2 Å². The molecule has 0 spiro atoms. The molecular formula is C13H20N4O3. The van der Waals surface area contributed by atoms with Crippen molar-refractivity contribution in [3.05, 3.63) is 16.4 Å². The van der Waals surface area contributed by atoms with Crippen LogP contribution in [0.1, 0.15) is 33.1 Å². The highest BCUT2D eigenvalue weighted by atomic mass is 16.6. The van der Waals surface area contributed by atoms with Crippen molar-refractivity contribution in [2.24, 2.45) is 11.8 Å². The van der Waals surface area contributed by atoms with Crippen molar-refractivity contribution in [1.29, 1.82) is 0 Å². The first-order valence-corrected chi connectivity index (χ1v) is 6.85. The quantitative estimate of drug-likeness (QED) is 0.673. The van der Waals surface area contributed by atoms with Crippen molar-refractivity contribution in [3.8, 4) is 5.88 Å². The maximum Gasteiger partial charge on any atom is 0.372 e. The molecule has 1 fully saturated rings. The Hall–Kier alpha value is -1.92. The largest absolute Gasteiger partial charge is 0.469 e. The van der Waals surface area contributed by atoms with Crippen LogP contribution in [0.2, 0.25) is 0 Å². The molecule has 1 saturated carbocycles. The molecule has 7 heteroatoms. The first kappa shape index (κ1) is 14.5.